The first-order valence-corrected chi connectivity index (χ1v) is 7.90. The molecule has 3 heteroatoms. The van der Waals surface area contributed by atoms with Crippen LogP contribution in [-0.2, 0) is 4.79 Å². The first-order chi connectivity index (χ1) is 11.7. The van der Waals surface area contributed by atoms with Crippen molar-refractivity contribution >= 4 is 17.6 Å². The maximum absolute atomic E-state index is 12.8. The Bertz CT molecular complexity index is 806. The molecule has 0 aliphatic rings. The van der Waals surface area contributed by atoms with Gasteiger partial charge in [0.25, 0.3) is 5.91 Å². The summed E-state index contributed by atoms with van der Waals surface area (Å²) in [4.78, 5) is 12.8. The highest BCUT2D eigenvalue weighted by Crippen LogP contribution is 2.21. The minimum atomic E-state index is -0.131. The Morgan fingerprint density at radius 3 is 2.25 bits per heavy atom. The van der Waals surface area contributed by atoms with Crippen molar-refractivity contribution in [1.29, 1.82) is 0 Å². The minimum Gasteiger partial charge on any atom is -0.465 e. The van der Waals surface area contributed by atoms with Crippen LogP contribution in [-0.4, -0.2) is 5.91 Å². The quantitative estimate of drug-likeness (QED) is 0.693. The molecule has 120 valence electrons. The molecule has 0 unspecified atom stereocenters. The van der Waals surface area contributed by atoms with Crippen LogP contribution in [0.5, 0.6) is 0 Å². The smallest absolute Gasteiger partial charge is 0.252 e. The Morgan fingerprint density at radius 2 is 1.62 bits per heavy atom. The van der Waals surface area contributed by atoms with Gasteiger partial charge in [0.05, 0.1) is 17.9 Å². The summed E-state index contributed by atoms with van der Waals surface area (Å²) < 4.78 is 5.37. The molecule has 0 aliphatic heterocycles. The number of hydrogen-bond donors (Lipinski definition) is 1. The van der Waals surface area contributed by atoms with E-state index in [-0.39, 0.29) is 11.9 Å². The average Bonchev–Trinajstić information content (AvgIpc) is 3.14. The summed E-state index contributed by atoms with van der Waals surface area (Å²) in [6.45, 7) is 1.97. The van der Waals surface area contributed by atoms with Crippen molar-refractivity contribution in [3.05, 3.63) is 95.9 Å². The zero-order chi connectivity index (χ0) is 16.8. The zero-order valence-electron chi connectivity index (χ0n) is 13.5. The van der Waals surface area contributed by atoms with E-state index >= 15 is 0 Å². The van der Waals surface area contributed by atoms with Crippen LogP contribution in [0.3, 0.4) is 0 Å². The van der Waals surface area contributed by atoms with Crippen LogP contribution >= 0.6 is 0 Å². The molecule has 0 aliphatic carbocycles. The topological polar surface area (TPSA) is 42.2 Å². The maximum Gasteiger partial charge on any atom is 0.252 e. The molecule has 1 amide bonds. The lowest BCUT2D eigenvalue weighted by molar-refractivity contribution is -0.116. The number of rotatable bonds is 5. The summed E-state index contributed by atoms with van der Waals surface area (Å²) in [5, 5.41) is 3.06. The Balaban J connectivity index is 1.87. The predicted molar refractivity (Wildman–Crippen MR) is 96.0 cm³/mol. The largest absolute Gasteiger partial charge is 0.465 e. The molecule has 2 aromatic carbocycles. The number of amides is 1. The maximum atomic E-state index is 12.8. The van der Waals surface area contributed by atoms with E-state index < -0.39 is 0 Å². The van der Waals surface area contributed by atoms with Crippen LogP contribution in [0, 0.1) is 0 Å². The van der Waals surface area contributed by atoms with Gasteiger partial charge in [-0.2, -0.15) is 0 Å². The molecule has 1 aromatic heterocycles. The number of hydrogen-bond acceptors (Lipinski definition) is 2. The van der Waals surface area contributed by atoms with Gasteiger partial charge in [0, 0.05) is 0 Å². The summed E-state index contributed by atoms with van der Waals surface area (Å²) >= 11 is 0. The van der Waals surface area contributed by atoms with Crippen molar-refractivity contribution in [2.75, 3.05) is 0 Å². The van der Waals surface area contributed by atoms with Crippen molar-refractivity contribution in [3.63, 3.8) is 0 Å². The molecule has 3 rings (SSSR count). The van der Waals surface area contributed by atoms with Gasteiger partial charge < -0.3 is 9.73 Å². The molecule has 0 saturated heterocycles. The summed E-state index contributed by atoms with van der Waals surface area (Å²) in [5.41, 5.74) is 2.50. The molecular formula is C21H19NO2. The zero-order valence-corrected chi connectivity index (χ0v) is 13.5. The second kappa shape index (κ2) is 7.47. The van der Waals surface area contributed by atoms with E-state index in [9.17, 15) is 4.79 Å². The molecule has 0 radical (unpaired) electrons. The van der Waals surface area contributed by atoms with Gasteiger partial charge in [-0.1, -0.05) is 60.7 Å². The molecule has 1 heterocycles. The summed E-state index contributed by atoms with van der Waals surface area (Å²) in [5.74, 6) is 0.519. The lowest BCUT2D eigenvalue weighted by atomic mass is 10.0. The van der Waals surface area contributed by atoms with Crippen molar-refractivity contribution in [2.45, 2.75) is 13.0 Å². The van der Waals surface area contributed by atoms with Crippen molar-refractivity contribution in [1.82, 2.24) is 5.32 Å². The van der Waals surface area contributed by atoms with E-state index in [0.29, 0.717) is 11.3 Å². The van der Waals surface area contributed by atoms with Gasteiger partial charge in [0.1, 0.15) is 5.76 Å². The molecule has 0 spiro atoms. The molecule has 3 aromatic rings. The Labute approximate surface area is 141 Å². The van der Waals surface area contributed by atoms with Gasteiger partial charge in [-0.25, -0.2) is 0 Å². The second-order valence-corrected chi connectivity index (χ2v) is 5.55. The summed E-state index contributed by atoms with van der Waals surface area (Å²) in [7, 11) is 0. The van der Waals surface area contributed by atoms with Gasteiger partial charge in [-0.05, 0) is 36.3 Å². The molecule has 3 nitrogen and oxygen atoms in total. The number of nitrogens with one attached hydrogen (secondary N) is 1. The van der Waals surface area contributed by atoms with Gasteiger partial charge in [-0.3, -0.25) is 4.79 Å². The molecule has 1 atom stereocenters. The van der Waals surface area contributed by atoms with Crippen LogP contribution in [0.2, 0.25) is 0 Å². The molecule has 0 saturated carbocycles. The van der Waals surface area contributed by atoms with E-state index in [4.69, 9.17) is 4.42 Å². The van der Waals surface area contributed by atoms with Crippen LogP contribution < -0.4 is 5.32 Å². The number of benzene rings is 2. The van der Waals surface area contributed by atoms with Crippen LogP contribution in [0.15, 0.2) is 83.5 Å². The normalized spacial score (nSPS) is 12.6. The fourth-order valence-corrected chi connectivity index (χ4v) is 2.51. The van der Waals surface area contributed by atoms with Gasteiger partial charge in [0.2, 0.25) is 0 Å². The van der Waals surface area contributed by atoms with E-state index in [1.807, 2.05) is 73.7 Å². The molecule has 0 fully saturated rings. The highest BCUT2D eigenvalue weighted by molar-refractivity contribution is 6.24. The lowest BCUT2D eigenvalue weighted by Gasteiger charge is -2.16. The molecule has 1 N–H and O–H groups in total. The monoisotopic (exact) mass is 317 g/mol. The first-order valence-electron chi connectivity index (χ1n) is 7.90. The van der Waals surface area contributed by atoms with Crippen molar-refractivity contribution in [2.24, 2.45) is 0 Å². The van der Waals surface area contributed by atoms with Crippen LogP contribution in [0.1, 0.15) is 29.9 Å². The third-order valence-electron chi connectivity index (χ3n) is 3.81. The second-order valence-electron chi connectivity index (χ2n) is 5.55. The van der Waals surface area contributed by atoms with Crippen LogP contribution in [0.4, 0.5) is 0 Å². The number of carbonyl (C=O) groups excluding carboxylic acids is 1. The van der Waals surface area contributed by atoms with E-state index in [1.165, 1.54) is 0 Å². The van der Waals surface area contributed by atoms with Crippen molar-refractivity contribution < 1.29 is 9.21 Å². The van der Waals surface area contributed by atoms with Crippen LogP contribution in [0.25, 0.3) is 11.6 Å². The van der Waals surface area contributed by atoms with E-state index in [1.54, 1.807) is 18.4 Å². The van der Waals surface area contributed by atoms with E-state index in [0.717, 1.165) is 11.1 Å². The summed E-state index contributed by atoms with van der Waals surface area (Å²) in [6.07, 6.45) is 3.36. The molecule has 0 bridgehead atoms. The van der Waals surface area contributed by atoms with Crippen molar-refractivity contribution in [3.8, 4) is 0 Å². The minimum absolute atomic E-state index is 0.0811. The number of carbonyl (C=O) groups is 1. The first kappa shape index (κ1) is 15.8. The Kier molecular flexibility index (Phi) is 4.92. The summed E-state index contributed by atoms with van der Waals surface area (Å²) in [6, 6.07) is 23.1. The SMILES string of the molecule is C[C@@H](NC(=O)/C(=C/c1ccco1)c1ccccc1)c1ccccc1. The predicted octanol–water partition coefficient (Wildman–Crippen LogP) is 4.70. The fraction of sp³-hybridized carbons (Fsp3) is 0.0952. The molecule has 24 heavy (non-hydrogen) atoms. The van der Waals surface area contributed by atoms with Gasteiger partial charge in [0.15, 0.2) is 0 Å². The highest BCUT2D eigenvalue weighted by atomic mass is 16.3. The van der Waals surface area contributed by atoms with E-state index in [2.05, 4.69) is 5.32 Å². The fourth-order valence-electron chi connectivity index (χ4n) is 2.51. The standard InChI is InChI=1S/C21H19NO2/c1-16(17-9-4-2-5-10-17)22-21(23)20(15-19-13-8-14-24-19)18-11-6-3-7-12-18/h2-16H,1H3,(H,22,23)/b20-15+/t16-/m1/s1. The highest BCUT2D eigenvalue weighted by Gasteiger charge is 2.16. The third kappa shape index (κ3) is 3.82. The Morgan fingerprint density at radius 1 is 0.958 bits per heavy atom. The Hall–Kier alpha value is -3.07. The average molecular weight is 317 g/mol. The third-order valence-corrected chi connectivity index (χ3v) is 3.81. The van der Waals surface area contributed by atoms with Gasteiger partial charge in [-0.15, -0.1) is 0 Å². The number of furan rings is 1. The molecular weight excluding hydrogens is 298 g/mol. The lowest BCUT2D eigenvalue weighted by Crippen LogP contribution is -2.27. The van der Waals surface area contributed by atoms with Gasteiger partial charge >= 0.3 is 0 Å².